The zero-order valence-electron chi connectivity index (χ0n) is 9.81. The summed E-state index contributed by atoms with van der Waals surface area (Å²) in [6, 6.07) is 4.36. The van der Waals surface area contributed by atoms with E-state index in [-0.39, 0.29) is 5.69 Å². The molecule has 0 unspecified atom stereocenters. The van der Waals surface area contributed by atoms with Crippen LogP contribution in [-0.4, -0.2) is 20.4 Å². The molecule has 0 fully saturated rings. The summed E-state index contributed by atoms with van der Waals surface area (Å²) >= 11 is 0. The van der Waals surface area contributed by atoms with Gasteiger partial charge in [0.1, 0.15) is 5.75 Å². The van der Waals surface area contributed by atoms with Crippen LogP contribution < -0.4 is 9.16 Å². The summed E-state index contributed by atoms with van der Waals surface area (Å²) < 4.78 is 10.8. The van der Waals surface area contributed by atoms with E-state index in [4.69, 9.17) is 9.16 Å². The maximum atomic E-state index is 10.6. The Kier molecular flexibility index (Phi) is 3.54. The minimum absolute atomic E-state index is 0.000208. The Bertz CT molecular complexity index is 400. The van der Waals surface area contributed by atoms with E-state index in [1.165, 1.54) is 19.2 Å². The van der Waals surface area contributed by atoms with Crippen LogP contribution in [0.1, 0.15) is 0 Å². The van der Waals surface area contributed by atoms with Gasteiger partial charge in [-0.15, -0.1) is 0 Å². The number of methoxy groups -OCH3 is 1. The molecule has 1 aromatic rings. The molecule has 0 N–H and O–H groups in total. The molecule has 16 heavy (non-hydrogen) atoms. The van der Waals surface area contributed by atoms with Gasteiger partial charge in [-0.3, -0.25) is 10.1 Å². The van der Waals surface area contributed by atoms with Gasteiger partial charge in [0.15, 0.2) is 5.75 Å². The van der Waals surface area contributed by atoms with Crippen LogP contribution in [0.25, 0.3) is 0 Å². The first-order chi connectivity index (χ1) is 7.33. The fraction of sp³-hybridized carbons (Fsp3) is 0.400. The van der Waals surface area contributed by atoms with Crippen molar-refractivity contribution >= 4 is 14.0 Å². The van der Waals surface area contributed by atoms with Crippen molar-refractivity contribution in [3.63, 3.8) is 0 Å². The number of ether oxygens (including phenoxy) is 1. The maximum absolute atomic E-state index is 10.6. The first-order valence-electron chi connectivity index (χ1n) is 4.85. The monoisotopic (exact) mass is 241 g/mol. The van der Waals surface area contributed by atoms with E-state index in [0.717, 1.165) is 0 Å². The average Bonchev–Trinajstić information content (AvgIpc) is 2.15. The van der Waals surface area contributed by atoms with E-state index in [2.05, 4.69) is 0 Å². The fourth-order valence-electron chi connectivity index (χ4n) is 1.18. The molecule has 0 aliphatic carbocycles. The highest BCUT2D eigenvalue weighted by Crippen LogP contribution is 2.32. The highest BCUT2D eigenvalue weighted by molar-refractivity contribution is 6.70. The second-order valence-electron chi connectivity index (χ2n) is 4.31. The van der Waals surface area contributed by atoms with Crippen LogP contribution >= 0.6 is 0 Å². The number of nitro benzene ring substituents is 1. The van der Waals surface area contributed by atoms with E-state index in [1.54, 1.807) is 6.07 Å². The molecule has 6 heteroatoms. The lowest BCUT2D eigenvalue weighted by Gasteiger charge is -2.20. The molecule has 0 aliphatic heterocycles. The maximum Gasteiger partial charge on any atom is 0.273 e. The lowest BCUT2D eigenvalue weighted by atomic mass is 10.3. The zero-order chi connectivity index (χ0) is 12.3. The molecule has 0 saturated carbocycles. The smallest absolute Gasteiger partial charge is 0.273 e. The molecule has 0 aliphatic rings. The second kappa shape index (κ2) is 4.52. The number of hydrogen-bond acceptors (Lipinski definition) is 4. The number of nitro groups is 1. The third-order valence-corrected chi connectivity index (χ3v) is 2.61. The number of hydrogen-bond donors (Lipinski definition) is 0. The topological polar surface area (TPSA) is 61.6 Å². The largest absolute Gasteiger partial charge is 0.542 e. The Morgan fingerprint density at radius 1 is 1.25 bits per heavy atom. The van der Waals surface area contributed by atoms with Crippen molar-refractivity contribution in [2.75, 3.05) is 7.11 Å². The van der Waals surface area contributed by atoms with Crippen molar-refractivity contribution in [3.8, 4) is 11.5 Å². The minimum Gasteiger partial charge on any atom is -0.542 e. The first kappa shape index (κ1) is 12.5. The molecule has 0 bridgehead atoms. The summed E-state index contributed by atoms with van der Waals surface area (Å²) in [5, 5.41) is 10.6. The highest BCUT2D eigenvalue weighted by atomic mass is 28.4. The molecule has 0 amide bonds. The third kappa shape index (κ3) is 3.23. The Morgan fingerprint density at radius 3 is 2.31 bits per heavy atom. The van der Waals surface area contributed by atoms with Gasteiger partial charge in [0, 0.05) is 6.07 Å². The molecule has 5 nitrogen and oxygen atoms in total. The van der Waals surface area contributed by atoms with Crippen LogP contribution in [0, 0.1) is 10.1 Å². The Morgan fingerprint density at radius 2 is 1.88 bits per heavy atom. The molecular weight excluding hydrogens is 226 g/mol. The van der Waals surface area contributed by atoms with Crippen LogP contribution in [0.5, 0.6) is 11.5 Å². The number of non-ortho nitro benzene ring substituents is 1. The van der Waals surface area contributed by atoms with Crippen molar-refractivity contribution in [1.29, 1.82) is 0 Å². The molecule has 0 heterocycles. The van der Waals surface area contributed by atoms with Crippen molar-refractivity contribution in [2.45, 2.75) is 19.6 Å². The highest BCUT2D eigenvalue weighted by Gasteiger charge is 2.20. The van der Waals surface area contributed by atoms with Gasteiger partial charge in [-0.05, 0) is 25.7 Å². The van der Waals surface area contributed by atoms with Gasteiger partial charge in [-0.2, -0.15) is 0 Å². The van der Waals surface area contributed by atoms with Gasteiger partial charge in [0.05, 0.1) is 18.1 Å². The molecule has 0 radical (unpaired) electrons. The van der Waals surface area contributed by atoms with Crippen molar-refractivity contribution in [1.82, 2.24) is 0 Å². The van der Waals surface area contributed by atoms with Gasteiger partial charge in [0.2, 0.25) is 8.32 Å². The van der Waals surface area contributed by atoms with Gasteiger partial charge >= 0.3 is 0 Å². The molecule has 1 rings (SSSR count). The van der Waals surface area contributed by atoms with Crippen molar-refractivity contribution < 1.29 is 14.1 Å². The predicted molar refractivity (Wildman–Crippen MR) is 63.6 cm³/mol. The number of benzene rings is 1. The van der Waals surface area contributed by atoms with Gasteiger partial charge in [0.25, 0.3) is 5.69 Å². The molecule has 1 aromatic carbocycles. The van der Waals surface area contributed by atoms with E-state index in [1.807, 2.05) is 19.6 Å². The minimum atomic E-state index is -1.74. The van der Waals surface area contributed by atoms with Crippen LogP contribution in [0.3, 0.4) is 0 Å². The molecule has 0 saturated heterocycles. The standard InChI is InChI=1S/C10H15NO4Si/c1-14-10-7-8(11(12)13)5-6-9(10)15-16(2,3)4/h5-7H,1-4H3. The fourth-order valence-corrected chi connectivity index (χ4v) is 2.01. The summed E-state index contributed by atoms with van der Waals surface area (Å²) in [5.41, 5.74) is -0.000208. The zero-order valence-corrected chi connectivity index (χ0v) is 10.8. The van der Waals surface area contributed by atoms with Gasteiger partial charge in [-0.25, -0.2) is 0 Å². The van der Waals surface area contributed by atoms with E-state index < -0.39 is 13.2 Å². The van der Waals surface area contributed by atoms with Crippen molar-refractivity contribution in [2.24, 2.45) is 0 Å². The molecule has 0 spiro atoms. The van der Waals surface area contributed by atoms with Crippen molar-refractivity contribution in [3.05, 3.63) is 28.3 Å². The average molecular weight is 241 g/mol. The summed E-state index contributed by atoms with van der Waals surface area (Å²) in [6.45, 7) is 6.11. The van der Waals surface area contributed by atoms with E-state index in [9.17, 15) is 10.1 Å². The quantitative estimate of drug-likeness (QED) is 0.462. The van der Waals surface area contributed by atoms with Crippen LogP contribution in [0.2, 0.25) is 19.6 Å². The third-order valence-electron chi connectivity index (χ3n) is 1.77. The van der Waals surface area contributed by atoms with Crippen LogP contribution in [0.4, 0.5) is 5.69 Å². The lowest BCUT2D eigenvalue weighted by molar-refractivity contribution is -0.384. The van der Waals surface area contributed by atoms with Gasteiger partial charge < -0.3 is 9.16 Å². The predicted octanol–water partition coefficient (Wildman–Crippen LogP) is 2.82. The summed E-state index contributed by atoms with van der Waals surface area (Å²) in [6.07, 6.45) is 0. The van der Waals surface area contributed by atoms with Crippen LogP contribution in [-0.2, 0) is 0 Å². The lowest BCUT2D eigenvalue weighted by Crippen LogP contribution is -2.29. The second-order valence-corrected chi connectivity index (χ2v) is 8.74. The first-order valence-corrected chi connectivity index (χ1v) is 8.26. The Balaban J connectivity index is 3.07. The summed E-state index contributed by atoms with van der Waals surface area (Å²) in [4.78, 5) is 10.1. The van der Waals surface area contributed by atoms with Gasteiger partial charge in [-0.1, -0.05) is 0 Å². The molecule has 0 atom stereocenters. The summed E-state index contributed by atoms with van der Waals surface area (Å²) in [5.74, 6) is 0.962. The SMILES string of the molecule is COc1cc([N+](=O)[O-])ccc1O[Si](C)(C)C. The number of nitrogens with zero attached hydrogens (tertiary/aromatic N) is 1. The Labute approximate surface area is 95.3 Å². The number of rotatable bonds is 4. The molecule has 0 aromatic heterocycles. The van der Waals surface area contributed by atoms with E-state index >= 15 is 0 Å². The Hall–Kier alpha value is -1.56. The summed E-state index contributed by atoms with van der Waals surface area (Å²) in [7, 11) is -0.272. The normalized spacial score (nSPS) is 11.0. The van der Waals surface area contributed by atoms with Crippen LogP contribution in [0.15, 0.2) is 18.2 Å². The molecule has 88 valence electrons. The van der Waals surface area contributed by atoms with E-state index in [0.29, 0.717) is 11.5 Å². The molecular formula is C10H15NO4Si.